The number of carbonyl (C=O) groups excluding carboxylic acids is 2. The highest BCUT2D eigenvalue weighted by Gasteiger charge is 2.39. The molecule has 1 fully saturated rings. The molecule has 110 valence electrons. The average molecular weight is 326 g/mol. The third-order valence-corrected chi connectivity index (χ3v) is 4.13. The zero-order chi connectivity index (χ0) is 15.3. The fourth-order valence-corrected chi connectivity index (χ4v) is 2.96. The molecular weight excluding hydrogens is 313 g/mol. The van der Waals surface area contributed by atoms with E-state index in [9.17, 15) is 9.59 Å². The van der Waals surface area contributed by atoms with Gasteiger partial charge < -0.3 is 4.57 Å². The van der Waals surface area contributed by atoms with E-state index in [-0.39, 0.29) is 23.6 Å². The summed E-state index contributed by atoms with van der Waals surface area (Å²) in [6.45, 7) is 1.78. The van der Waals surface area contributed by atoms with Crippen LogP contribution >= 0.6 is 23.2 Å². The van der Waals surface area contributed by atoms with Crippen molar-refractivity contribution in [2.75, 3.05) is 7.05 Å². The topological polar surface area (TPSA) is 55.2 Å². The van der Waals surface area contributed by atoms with Crippen LogP contribution in [0.2, 0.25) is 5.02 Å². The lowest BCUT2D eigenvalue weighted by Gasteiger charge is -2.16. The predicted molar refractivity (Wildman–Crippen MR) is 80.4 cm³/mol. The molecule has 21 heavy (non-hydrogen) atoms. The summed E-state index contributed by atoms with van der Waals surface area (Å²) in [6.07, 6.45) is 0.125. The van der Waals surface area contributed by atoms with Crippen LogP contribution in [0.1, 0.15) is 30.6 Å². The van der Waals surface area contributed by atoms with Crippen molar-refractivity contribution < 1.29 is 9.59 Å². The van der Waals surface area contributed by atoms with Gasteiger partial charge in [0.2, 0.25) is 5.91 Å². The van der Waals surface area contributed by atoms with Gasteiger partial charge in [-0.15, -0.1) is 11.6 Å². The summed E-state index contributed by atoms with van der Waals surface area (Å²) in [6, 6.07) is 4.66. The molecule has 1 aliphatic rings. The molecule has 2 aromatic rings. The van der Waals surface area contributed by atoms with Crippen molar-refractivity contribution in [1.82, 2.24) is 14.5 Å². The van der Waals surface area contributed by atoms with Crippen molar-refractivity contribution in [2.24, 2.45) is 0 Å². The molecule has 0 bridgehead atoms. The van der Waals surface area contributed by atoms with Crippen molar-refractivity contribution in [1.29, 1.82) is 0 Å². The number of hydrogen-bond donors (Lipinski definition) is 0. The molecule has 2 amide bonds. The number of hydrogen-bond acceptors (Lipinski definition) is 3. The summed E-state index contributed by atoms with van der Waals surface area (Å²) >= 11 is 12.2. The number of likely N-dealkylation sites (N-methyl/N-ethyl adjacent to an activating group) is 1. The zero-order valence-corrected chi connectivity index (χ0v) is 13.0. The fourth-order valence-electron chi connectivity index (χ4n) is 2.64. The van der Waals surface area contributed by atoms with Crippen LogP contribution in [0, 0.1) is 0 Å². The van der Waals surface area contributed by atoms with E-state index < -0.39 is 6.04 Å². The monoisotopic (exact) mass is 325 g/mol. The maximum Gasteiger partial charge on any atom is 0.252 e. The van der Waals surface area contributed by atoms with Crippen molar-refractivity contribution >= 4 is 46.0 Å². The molecular formula is C14H13Cl2N3O2. The first-order chi connectivity index (χ1) is 9.90. The van der Waals surface area contributed by atoms with Crippen LogP contribution in [0.4, 0.5) is 0 Å². The molecule has 0 radical (unpaired) electrons. The Morgan fingerprint density at radius 3 is 2.67 bits per heavy atom. The quantitative estimate of drug-likeness (QED) is 0.630. The Hall–Kier alpha value is -1.59. The number of aromatic nitrogens is 2. The van der Waals surface area contributed by atoms with Crippen molar-refractivity contribution in [3.8, 4) is 0 Å². The number of benzene rings is 1. The lowest BCUT2D eigenvalue weighted by atomic mass is 10.2. The average Bonchev–Trinajstić information content (AvgIpc) is 2.91. The Labute approximate surface area is 131 Å². The number of amides is 2. The van der Waals surface area contributed by atoms with Gasteiger partial charge >= 0.3 is 0 Å². The van der Waals surface area contributed by atoms with Gasteiger partial charge in [-0.2, -0.15) is 0 Å². The van der Waals surface area contributed by atoms with Crippen LogP contribution in [0.5, 0.6) is 0 Å². The van der Waals surface area contributed by atoms with Crippen LogP contribution in [0.3, 0.4) is 0 Å². The van der Waals surface area contributed by atoms with E-state index in [1.165, 1.54) is 7.05 Å². The SMILES string of the molecule is CC(Cl)c1nc2cc(Cl)ccc2n1C1CC(=O)N(C)C1=O. The van der Waals surface area contributed by atoms with Gasteiger partial charge in [0.05, 0.1) is 22.8 Å². The molecule has 2 atom stereocenters. The van der Waals surface area contributed by atoms with Crippen molar-refractivity contribution in [2.45, 2.75) is 24.8 Å². The standard InChI is InChI=1S/C14H13Cl2N3O2/c1-7(15)13-17-9-5-8(16)3-4-10(9)19(13)11-6-12(20)18(2)14(11)21/h3-5,7,11H,6H2,1-2H3. The van der Waals surface area contributed by atoms with Gasteiger partial charge in [-0.05, 0) is 25.1 Å². The van der Waals surface area contributed by atoms with E-state index in [4.69, 9.17) is 23.2 Å². The number of likely N-dealkylation sites (tertiary alicyclic amines) is 1. The molecule has 5 nitrogen and oxygen atoms in total. The first kappa shape index (κ1) is 14.4. The Morgan fingerprint density at radius 1 is 1.38 bits per heavy atom. The van der Waals surface area contributed by atoms with Gasteiger partial charge in [-0.3, -0.25) is 14.5 Å². The zero-order valence-electron chi connectivity index (χ0n) is 11.5. The molecule has 0 spiro atoms. The van der Waals surface area contributed by atoms with Crippen LogP contribution < -0.4 is 0 Å². The maximum atomic E-state index is 12.3. The second-order valence-electron chi connectivity index (χ2n) is 5.10. The molecule has 0 N–H and O–H groups in total. The summed E-state index contributed by atoms with van der Waals surface area (Å²) in [4.78, 5) is 29.7. The van der Waals surface area contributed by atoms with E-state index in [2.05, 4.69) is 4.98 Å². The number of rotatable bonds is 2. The maximum absolute atomic E-state index is 12.3. The van der Waals surface area contributed by atoms with E-state index in [1.807, 2.05) is 0 Å². The number of nitrogens with zero attached hydrogens (tertiary/aromatic N) is 3. The molecule has 2 unspecified atom stereocenters. The number of imide groups is 1. The molecule has 2 heterocycles. The van der Waals surface area contributed by atoms with Crippen molar-refractivity contribution in [3.05, 3.63) is 29.0 Å². The molecule has 1 aliphatic heterocycles. The highest BCUT2D eigenvalue weighted by Crippen LogP contribution is 2.33. The minimum Gasteiger partial charge on any atom is -0.314 e. The number of halogens is 2. The second kappa shape index (κ2) is 5.00. The molecule has 7 heteroatoms. The third kappa shape index (κ3) is 2.21. The second-order valence-corrected chi connectivity index (χ2v) is 6.19. The molecule has 1 aromatic carbocycles. The molecule has 3 rings (SSSR count). The summed E-state index contributed by atoms with van der Waals surface area (Å²) in [5, 5.41) is 0.178. The lowest BCUT2D eigenvalue weighted by molar-refractivity contribution is -0.137. The molecule has 1 aromatic heterocycles. The lowest BCUT2D eigenvalue weighted by Crippen LogP contribution is -2.27. The number of imidazole rings is 1. The minimum absolute atomic E-state index is 0.125. The van der Waals surface area contributed by atoms with Crippen LogP contribution in [0.15, 0.2) is 18.2 Å². The highest BCUT2D eigenvalue weighted by molar-refractivity contribution is 6.31. The number of carbonyl (C=O) groups is 2. The van der Waals surface area contributed by atoms with Gasteiger partial charge in [-0.1, -0.05) is 11.6 Å². The Bertz CT molecular complexity index is 754. The summed E-state index contributed by atoms with van der Waals surface area (Å²) in [7, 11) is 1.49. The van der Waals surface area contributed by atoms with Gasteiger partial charge in [0.25, 0.3) is 5.91 Å². The minimum atomic E-state index is -0.593. The van der Waals surface area contributed by atoms with Crippen LogP contribution in [0.25, 0.3) is 11.0 Å². The largest absolute Gasteiger partial charge is 0.314 e. The Morgan fingerprint density at radius 2 is 2.10 bits per heavy atom. The van der Waals surface area contributed by atoms with Crippen LogP contribution in [-0.4, -0.2) is 33.3 Å². The first-order valence-electron chi connectivity index (χ1n) is 6.52. The number of alkyl halides is 1. The van der Waals surface area contributed by atoms with E-state index in [0.29, 0.717) is 16.4 Å². The summed E-state index contributed by atoms with van der Waals surface area (Å²) < 4.78 is 1.76. The summed E-state index contributed by atoms with van der Waals surface area (Å²) in [5.41, 5.74) is 1.42. The van der Waals surface area contributed by atoms with Gasteiger partial charge in [0, 0.05) is 12.1 Å². The van der Waals surface area contributed by atoms with E-state index >= 15 is 0 Å². The van der Waals surface area contributed by atoms with Crippen LogP contribution in [-0.2, 0) is 9.59 Å². The summed E-state index contributed by atoms with van der Waals surface area (Å²) in [5.74, 6) is 0.122. The smallest absolute Gasteiger partial charge is 0.252 e. The Balaban J connectivity index is 2.23. The first-order valence-corrected chi connectivity index (χ1v) is 7.33. The third-order valence-electron chi connectivity index (χ3n) is 3.70. The van der Waals surface area contributed by atoms with E-state index in [0.717, 1.165) is 10.4 Å². The highest BCUT2D eigenvalue weighted by atomic mass is 35.5. The van der Waals surface area contributed by atoms with E-state index in [1.54, 1.807) is 29.7 Å². The fraction of sp³-hybridized carbons (Fsp3) is 0.357. The van der Waals surface area contributed by atoms with Gasteiger partial charge in [-0.25, -0.2) is 4.98 Å². The molecule has 0 aliphatic carbocycles. The predicted octanol–water partition coefficient (Wildman–Crippen LogP) is 2.92. The molecule has 0 saturated carbocycles. The normalized spacial score (nSPS) is 20.6. The van der Waals surface area contributed by atoms with Gasteiger partial charge in [0.15, 0.2) is 0 Å². The van der Waals surface area contributed by atoms with Gasteiger partial charge in [0.1, 0.15) is 11.9 Å². The molecule has 1 saturated heterocycles. The Kier molecular flexibility index (Phi) is 3.42. The van der Waals surface area contributed by atoms with Crippen molar-refractivity contribution in [3.63, 3.8) is 0 Å². The number of fused-ring (bicyclic) bond motifs is 1.